The summed E-state index contributed by atoms with van der Waals surface area (Å²) in [5.41, 5.74) is 1.05. The van der Waals surface area contributed by atoms with E-state index in [9.17, 15) is 4.79 Å². The summed E-state index contributed by atoms with van der Waals surface area (Å²) in [7, 11) is 5.00. The fraction of sp³-hybridized carbons (Fsp3) is 0.385. The zero-order valence-electron chi connectivity index (χ0n) is 10.4. The summed E-state index contributed by atoms with van der Waals surface area (Å²) in [6, 6.07) is 11.3. The Bertz CT molecular complexity index is 408. The summed E-state index contributed by atoms with van der Waals surface area (Å²) >= 11 is 0. The summed E-state index contributed by atoms with van der Waals surface area (Å²) in [5, 5.41) is 9.13. The Hall–Kier alpha value is -2.02. The summed E-state index contributed by atoms with van der Waals surface area (Å²) < 4.78 is 0. The fourth-order valence-electron chi connectivity index (χ4n) is 1.56. The number of hydrogen-bond donors (Lipinski definition) is 0. The smallest absolute Gasteiger partial charge is 0.320 e. The number of likely N-dealkylation sites (N-methyl/N-ethyl adjacent to an activating group) is 1. The maximum Gasteiger partial charge on any atom is 0.320 e. The summed E-state index contributed by atoms with van der Waals surface area (Å²) in [5.74, 6) is 0. The number of amides is 2. The highest BCUT2D eigenvalue weighted by molar-refractivity contribution is 5.74. The van der Waals surface area contributed by atoms with Crippen molar-refractivity contribution in [3.05, 3.63) is 35.9 Å². The van der Waals surface area contributed by atoms with E-state index in [1.807, 2.05) is 30.3 Å². The molecule has 0 bridgehead atoms. The molecule has 4 heteroatoms. The summed E-state index contributed by atoms with van der Waals surface area (Å²) in [6.07, 6.45) is 0.549. The van der Waals surface area contributed by atoms with Crippen molar-refractivity contribution in [3.63, 3.8) is 0 Å². The van der Waals surface area contributed by atoms with Crippen LogP contribution in [0, 0.1) is 11.3 Å². The maximum absolute atomic E-state index is 11.7. The van der Waals surface area contributed by atoms with Crippen LogP contribution in [0.3, 0.4) is 0 Å². The molecule has 1 aromatic carbocycles. The Labute approximate surface area is 102 Å². The van der Waals surface area contributed by atoms with Crippen molar-refractivity contribution < 1.29 is 4.79 Å². The van der Waals surface area contributed by atoms with Crippen molar-refractivity contribution in [2.45, 2.75) is 12.5 Å². The lowest BCUT2D eigenvalue weighted by molar-refractivity contribution is 0.173. The normalized spacial score (nSPS) is 11.4. The number of carbonyl (C=O) groups excluding carboxylic acids is 1. The zero-order chi connectivity index (χ0) is 12.8. The van der Waals surface area contributed by atoms with Crippen LogP contribution in [-0.2, 0) is 6.42 Å². The molecule has 90 valence electrons. The molecule has 1 rings (SSSR count). The summed E-state index contributed by atoms with van der Waals surface area (Å²) in [6.45, 7) is 0. The fourth-order valence-corrected chi connectivity index (χ4v) is 1.56. The van der Waals surface area contributed by atoms with E-state index in [2.05, 4.69) is 6.07 Å². The third kappa shape index (κ3) is 3.49. The molecule has 0 aromatic heterocycles. The maximum atomic E-state index is 11.7. The molecule has 0 fully saturated rings. The summed E-state index contributed by atoms with van der Waals surface area (Å²) in [4.78, 5) is 14.7. The molecule has 0 aliphatic carbocycles. The molecule has 0 saturated heterocycles. The quantitative estimate of drug-likeness (QED) is 0.795. The van der Waals surface area contributed by atoms with Crippen LogP contribution in [0.2, 0.25) is 0 Å². The highest BCUT2D eigenvalue weighted by Gasteiger charge is 2.20. The minimum atomic E-state index is -0.438. The van der Waals surface area contributed by atoms with Gasteiger partial charge in [-0.25, -0.2) is 4.79 Å². The molecular weight excluding hydrogens is 214 g/mol. The van der Waals surface area contributed by atoms with Gasteiger partial charge in [-0.1, -0.05) is 30.3 Å². The number of benzene rings is 1. The first-order chi connectivity index (χ1) is 8.06. The van der Waals surface area contributed by atoms with Crippen LogP contribution >= 0.6 is 0 Å². The van der Waals surface area contributed by atoms with Gasteiger partial charge in [-0.2, -0.15) is 5.26 Å². The number of rotatable bonds is 3. The molecule has 0 saturated carbocycles. The number of urea groups is 1. The SMILES string of the molecule is CN(C)C(=O)N(C)C(C#N)Cc1ccccc1. The number of nitriles is 1. The van der Waals surface area contributed by atoms with E-state index in [1.54, 1.807) is 21.1 Å². The molecule has 1 unspecified atom stereocenters. The molecule has 0 heterocycles. The van der Waals surface area contributed by atoms with Gasteiger partial charge >= 0.3 is 6.03 Å². The lowest BCUT2D eigenvalue weighted by Crippen LogP contribution is -2.43. The molecule has 4 nitrogen and oxygen atoms in total. The monoisotopic (exact) mass is 231 g/mol. The van der Waals surface area contributed by atoms with Gasteiger partial charge < -0.3 is 9.80 Å². The highest BCUT2D eigenvalue weighted by atomic mass is 16.2. The van der Waals surface area contributed by atoms with E-state index in [1.165, 1.54) is 9.80 Å². The minimum Gasteiger partial charge on any atom is -0.331 e. The van der Waals surface area contributed by atoms with Gasteiger partial charge in [-0.05, 0) is 5.56 Å². The molecule has 17 heavy (non-hydrogen) atoms. The van der Waals surface area contributed by atoms with Gasteiger partial charge in [0, 0.05) is 27.6 Å². The second-order valence-corrected chi connectivity index (χ2v) is 4.12. The van der Waals surface area contributed by atoms with Crippen LogP contribution in [0.1, 0.15) is 5.56 Å². The second-order valence-electron chi connectivity index (χ2n) is 4.12. The van der Waals surface area contributed by atoms with Crippen LogP contribution in [0.5, 0.6) is 0 Å². The standard InChI is InChI=1S/C13H17N3O/c1-15(2)13(17)16(3)12(10-14)9-11-7-5-4-6-8-11/h4-8,12H,9H2,1-3H3. The third-order valence-electron chi connectivity index (χ3n) is 2.57. The van der Waals surface area contributed by atoms with Crippen LogP contribution in [0.25, 0.3) is 0 Å². The van der Waals surface area contributed by atoms with Gasteiger partial charge in [-0.15, -0.1) is 0 Å². The average molecular weight is 231 g/mol. The molecule has 2 amide bonds. The second kappa shape index (κ2) is 5.90. The predicted molar refractivity (Wildman–Crippen MR) is 66.4 cm³/mol. The van der Waals surface area contributed by atoms with Gasteiger partial charge in [0.1, 0.15) is 6.04 Å². The van der Waals surface area contributed by atoms with Crippen molar-refractivity contribution in [3.8, 4) is 6.07 Å². The number of carbonyl (C=O) groups is 1. The molecule has 1 atom stereocenters. The molecule has 1 aromatic rings. The first kappa shape index (κ1) is 13.0. The van der Waals surface area contributed by atoms with Crippen molar-refractivity contribution in [2.75, 3.05) is 21.1 Å². The molecule has 0 N–H and O–H groups in total. The molecular formula is C13H17N3O. The van der Waals surface area contributed by atoms with Gasteiger partial charge in [0.05, 0.1) is 6.07 Å². The first-order valence-corrected chi connectivity index (χ1v) is 5.44. The molecule has 0 radical (unpaired) electrons. The van der Waals surface area contributed by atoms with E-state index < -0.39 is 6.04 Å². The van der Waals surface area contributed by atoms with Crippen molar-refractivity contribution >= 4 is 6.03 Å². The van der Waals surface area contributed by atoms with Crippen LogP contribution < -0.4 is 0 Å². The molecule has 0 spiro atoms. The van der Waals surface area contributed by atoms with Crippen LogP contribution in [-0.4, -0.2) is 43.0 Å². The van der Waals surface area contributed by atoms with E-state index in [4.69, 9.17) is 5.26 Å². The largest absolute Gasteiger partial charge is 0.331 e. The Morgan fingerprint density at radius 1 is 1.29 bits per heavy atom. The Balaban J connectivity index is 2.73. The highest BCUT2D eigenvalue weighted by Crippen LogP contribution is 2.08. The predicted octanol–water partition coefficient (Wildman–Crippen LogP) is 1.73. The van der Waals surface area contributed by atoms with Gasteiger partial charge in [0.25, 0.3) is 0 Å². The van der Waals surface area contributed by atoms with Gasteiger partial charge in [0.2, 0.25) is 0 Å². The van der Waals surface area contributed by atoms with Gasteiger partial charge in [-0.3, -0.25) is 0 Å². The topological polar surface area (TPSA) is 47.3 Å². The number of hydrogen-bond acceptors (Lipinski definition) is 2. The van der Waals surface area contributed by atoms with E-state index in [0.29, 0.717) is 6.42 Å². The molecule has 0 aliphatic heterocycles. The van der Waals surface area contributed by atoms with Crippen molar-refractivity contribution in [1.29, 1.82) is 5.26 Å². The van der Waals surface area contributed by atoms with E-state index in [0.717, 1.165) is 5.56 Å². The molecule has 0 aliphatic rings. The first-order valence-electron chi connectivity index (χ1n) is 5.44. The zero-order valence-corrected chi connectivity index (χ0v) is 10.4. The Morgan fingerprint density at radius 2 is 1.88 bits per heavy atom. The third-order valence-corrected chi connectivity index (χ3v) is 2.57. The van der Waals surface area contributed by atoms with Crippen LogP contribution in [0.4, 0.5) is 4.79 Å². The number of nitrogens with zero attached hydrogens (tertiary/aromatic N) is 3. The van der Waals surface area contributed by atoms with Crippen LogP contribution in [0.15, 0.2) is 30.3 Å². The van der Waals surface area contributed by atoms with E-state index >= 15 is 0 Å². The van der Waals surface area contributed by atoms with E-state index in [-0.39, 0.29) is 6.03 Å². The van der Waals surface area contributed by atoms with Gasteiger partial charge in [0.15, 0.2) is 0 Å². The van der Waals surface area contributed by atoms with Crippen molar-refractivity contribution in [1.82, 2.24) is 9.80 Å². The van der Waals surface area contributed by atoms with Crippen molar-refractivity contribution in [2.24, 2.45) is 0 Å². The lowest BCUT2D eigenvalue weighted by atomic mass is 10.1. The average Bonchev–Trinajstić information content (AvgIpc) is 2.35. The lowest BCUT2D eigenvalue weighted by Gasteiger charge is -2.26. The Kier molecular flexibility index (Phi) is 4.53. The Morgan fingerprint density at radius 3 is 2.35 bits per heavy atom. The minimum absolute atomic E-state index is 0.160.